The zero-order valence-corrected chi connectivity index (χ0v) is 15.5. The van der Waals surface area contributed by atoms with Crippen LogP contribution in [0, 0.1) is 0 Å². The first kappa shape index (κ1) is 20.4. The Balaban J connectivity index is 1.75. The number of carboxylic acids is 1. The van der Waals surface area contributed by atoms with Gasteiger partial charge in [0.1, 0.15) is 0 Å². The first-order chi connectivity index (χ1) is 12.6. The molecule has 1 aliphatic heterocycles. The molecule has 2 rings (SSSR count). The molecule has 0 aliphatic carbocycles. The average molecular weight is 361 g/mol. The Hall–Kier alpha value is -1.88. The first-order valence-electron chi connectivity index (χ1n) is 9.79. The summed E-state index contributed by atoms with van der Waals surface area (Å²) in [6.45, 7) is 0.706. The van der Waals surface area contributed by atoms with Gasteiger partial charge >= 0.3 is 5.97 Å². The molecular formula is C21H31NO4. The molecule has 0 radical (unpaired) electrons. The molecule has 1 aromatic rings. The second-order valence-electron chi connectivity index (χ2n) is 7.26. The largest absolute Gasteiger partial charge is 0.481 e. The normalized spacial score (nSPS) is 18.7. The monoisotopic (exact) mass is 361 g/mol. The van der Waals surface area contributed by atoms with E-state index in [-0.39, 0.29) is 24.5 Å². The highest BCUT2D eigenvalue weighted by atomic mass is 16.4. The molecule has 2 N–H and O–H groups in total. The molecule has 1 saturated heterocycles. The van der Waals surface area contributed by atoms with Gasteiger partial charge in [-0.2, -0.15) is 0 Å². The number of aliphatic carboxylic acids is 1. The zero-order valence-electron chi connectivity index (χ0n) is 15.5. The lowest BCUT2D eigenvalue weighted by Gasteiger charge is -2.36. The summed E-state index contributed by atoms with van der Waals surface area (Å²) in [4.78, 5) is 24.8. The van der Waals surface area contributed by atoms with E-state index in [9.17, 15) is 14.7 Å². The van der Waals surface area contributed by atoms with E-state index in [1.54, 1.807) is 0 Å². The van der Waals surface area contributed by atoms with Crippen LogP contribution in [0.2, 0.25) is 0 Å². The fraction of sp³-hybridized carbons (Fsp3) is 0.619. The third-order valence-corrected chi connectivity index (χ3v) is 5.13. The Morgan fingerprint density at radius 3 is 2.69 bits per heavy atom. The van der Waals surface area contributed by atoms with Crippen molar-refractivity contribution in [3.05, 3.63) is 35.9 Å². The van der Waals surface area contributed by atoms with E-state index in [1.165, 1.54) is 0 Å². The third kappa shape index (κ3) is 7.16. The number of hydrogen-bond acceptors (Lipinski definition) is 3. The summed E-state index contributed by atoms with van der Waals surface area (Å²) in [5.74, 6) is -0.554. The minimum atomic E-state index is -0.760. The van der Waals surface area contributed by atoms with E-state index in [2.05, 4.69) is 0 Å². The number of carbonyl (C=O) groups excluding carboxylic acids is 1. The predicted molar refractivity (Wildman–Crippen MR) is 101 cm³/mol. The molecule has 5 nitrogen and oxygen atoms in total. The van der Waals surface area contributed by atoms with Crippen LogP contribution in [-0.2, 0) is 16.0 Å². The van der Waals surface area contributed by atoms with Crippen molar-refractivity contribution in [1.82, 2.24) is 4.90 Å². The van der Waals surface area contributed by atoms with Gasteiger partial charge in [-0.05, 0) is 50.5 Å². The van der Waals surface area contributed by atoms with Crippen molar-refractivity contribution in [2.45, 2.75) is 76.4 Å². The summed E-state index contributed by atoms with van der Waals surface area (Å²) in [6, 6.07) is 10.2. The highest BCUT2D eigenvalue weighted by molar-refractivity contribution is 5.77. The highest BCUT2D eigenvalue weighted by Gasteiger charge is 2.27. The van der Waals surface area contributed by atoms with Crippen LogP contribution >= 0.6 is 0 Å². The lowest BCUT2D eigenvalue weighted by atomic mass is 9.94. The molecule has 0 bridgehead atoms. The molecule has 1 unspecified atom stereocenters. The summed E-state index contributed by atoms with van der Waals surface area (Å²) in [5, 5.41) is 19.0. The van der Waals surface area contributed by atoms with Gasteiger partial charge in [0.05, 0.1) is 6.10 Å². The number of aliphatic hydroxyl groups is 1. The predicted octanol–water partition coefficient (Wildman–Crippen LogP) is 3.40. The van der Waals surface area contributed by atoms with Gasteiger partial charge in [-0.3, -0.25) is 9.59 Å². The topological polar surface area (TPSA) is 77.8 Å². The van der Waals surface area contributed by atoms with Gasteiger partial charge in [-0.15, -0.1) is 0 Å². The average Bonchev–Trinajstić information content (AvgIpc) is 2.62. The van der Waals surface area contributed by atoms with Crippen molar-refractivity contribution < 1.29 is 19.8 Å². The fourth-order valence-corrected chi connectivity index (χ4v) is 3.71. The van der Waals surface area contributed by atoms with E-state index in [0.29, 0.717) is 32.2 Å². The molecule has 5 heteroatoms. The first-order valence-corrected chi connectivity index (χ1v) is 9.79. The molecule has 0 aromatic heterocycles. The van der Waals surface area contributed by atoms with Crippen molar-refractivity contribution in [2.24, 2.45) is 0 Å². The van der Waals surface area contributed by atoms with Crippen molar-refractivity contribution in [3.63, 3.8) is 0 Å². The Labute approximate surface area is 156 Å². The second-order valence-corrected chi connectivity index (χ2v) is 7.26. The molecule has 26 heavy (non-hydrogen) atoms. The number of likely N-dealkylation sites (tertiary alicyclic amines) is 1. The summed E-state index contributed by atoms with van der Waals surface area (Å²) < 4.78 is 0. The van der Waals surface area contributed by atoms with Crippen molar-refractivity contribution >= 4 is 11.9 Å². The number of rotatable bonds is 11. The van der Waals surface area contributed by atoms with Gasteiger partial charge in [-0.25, -0.2) is 0 Å². The van der Waals surface area contributed by atoms with Crippen LogP contribution in [0.25, 0.3) is 0 Å². The fourth-order valence-electron chi connectivity index (χ4n) is 3.71. The van der Waals surface area contributed by atoms with Crippen LogP contribution in [0.5, 0.6) is 0 Å². The van der Waals surface area contributed by atoms with Gasteiger partial charge in [0.15, 0.2) is 0 Å². The van der Waals surface area contributed by atoms with Crippen LogP contribution in [0.15, 0.2) is 30.3 Å². The molecular weight excluding hydrogens is 330 g/mol. The molecule has 1 amide bonds. The number of unbranched alkanes of at least 4 members (excludes halogenated alkanes) is 2. The Morgan fingerprint density at radius 1 is 1.19 bits per heavy atom. The van der Waals surface area contributed by atoms with Crippen molar-refractivity contribution in [1.29, 1.82) is 0 Å². The van der Waals surface area contributed by atoms with E-state index in [4.69, 9.17) is 5.11 Å². The van der Waals surface area contributed by atoms with E-state index >= 15 is 0 Å². The molecule has 2 atom stereocenters. The Bertz CT molecular complexity index is 560. The van der Waals surface area contributed by atoms with E-state index in [1.807, 2.05) is 35.2 Å². The molecule has 1 fully saturated rings. The number of amides is 1. The van der Waals surface area contributed by atoms with Crippen LogP contribution in [0.1, 0.15) is 63.4 Å². The maximum atomic E-state index is 12.3. The maximum Gasteiger partial charge on any atom is 0.303 e. The van der Waals surface area contributed by atoms with Gasteiger partial charge in [0, 0.05) is 25.4 Å². The number of piperidine rings is 1. The number of carboxylic acid groups (broad SMARTS) is 1. The number of benzene rings is 1. The SMILES string of the molecule is O=C(O)CCCCCN1C(=O)CCC[C@@H]1CCC(O)Cc1ccccc1. The van der Waals surface area contributed by atoms with Gasteiger partial charge < -0.3 is 15.1 Å². The van der Waals surface area contributed by atoms with Gasteiger partial charge in [-0.1, -0.05) is 36.8 Å². The summed E-state index contributed by atoms with van der Waals surface area (Å²) in [7, 11) is 0. The number of hydrogen-bond donors (Lipinski definition) is 2. The molecule has 1 aliphatic rings. The summed E-state index contributed by atoms with van der Waals surface area (Å²) in [6.07, 6.45) is 6.87. The lowest BCUT2D eigenvalue weighted by Crippen LogP contribution is -2.44. The summed E-state index contributed by atoms with van der Waals surface area (Å²) in [5.41, 5.74) is 1.13. The molecule has 1 aromatic carbocycles. The number of nitrogens with zero attached hydrogens (tertiary/aromatic N) is 1. The summed E-state index contributed by atoms with van der Waals surface area (Å²) >= 11 is 0. The van der Waals surface area contributed by atoms with Crippen LogP contribution in [0.4, 0.5) is 0 Å². The second kappa shape index (κ2) is 11.0. The highest BCUT2D eigenvalue weighted by Crippen LogP contribution is 2.24. The van der Waals surface area contributed by atoms with Crippen molar-refractivity contribution in [3.8, 4) is 0 Å². The molecule has 1 heterocycles. The van der Waals surface area contributed by atoms with Gasteiger partial charge in [0.25, 0.3) is 0 Å². The standard InChI is InChI=1S/C21H31NO4/c23-19(16-17-8-3-1-4-9-17)14-13-18-10-7-11-20(24)22(18)15-6-2-5-12-21(25)26/h1,3-4,8-9,18-19,23H,2,5-7,10-16H2,(H,25,26)/t18-,19?/m1/s1. The van der Waals surface area contributed by atoms with E-state index in [0.717, 1.165) is 37.7 Å². The number of carbonyl (C=O) groups is 2. The molecule has 0 saturated carbocycles. The van der Waals surface area contributed by atoms with Crippen LogP contribution in [0.3, 0.4) is 0 Å². The van der Waals surface area contributed by atoms with E-state index < -0.39 is 5.97 Å². The van der Waals surface area contributed by atoms with Crippen LogP contribution < -0.4 is 0 Å². The number of aliphatic hydroxyl groups excluding tert-OH is 1. The zero-order chi connectivity index (χ0) is 18.8. The van der Waals surface area contributed by atoms with Gasteiger partial charge in [0.2, 0.25) is 5.91 Å². The lowest BCUT2D eigenvalue weighted by molar-refractivity contribution is -0.138. The Kier molecular flexibility index (Phi) is 8.62. The maximum absolute atomic E-state index is 12.3. The quantitative estimate of drug-likeness (QED) is 0.592. The Morgan fingerprint density at radius 2 is 1.96 bits per heavy atom. The minimum Gasteiger partial charge on any atom is -0.481 e. The van der Waals surface area contributed by atoms with Crippen molar-refractivity contribution in [2.75, 3.05) is 6.54 Å². The molecule has 0 spiro atoms. The minimum absolute atomic E-state index is 0.197. The molecule has 144 valence electrons. The smallest absolute Gasteiger partial charge is 0.303 e. The third-order valence-electron chi connectivity index (χ3n) is 5.13. The van der Waals surface area contributed by atoms with Crippen LogP contribution in [-0.4, -0.2) is 45.7 Å².